The molecule has 3 heterocycles. The molecule has 0 aromatic carbocycles. The lowest BCUT2D eigenvalue weighted by molar-refractivity contribution is -0.139. The van der Waals surface area contributed by atoms with Crippen LogP contribution in [0, 0.1) is 0 Å². The molecule has 116 valence electrons. The van der Waals surface area contributed by atoms with Crippen LogP contribution in [0.2, 0.25) is 0 Å². The molecule has 0 N–H and O–H groups in total. The molecule has 2 aliphatic rings. The van der Waals surface area contributed by atoms with E-state index in [0.717, 1.165) is 19.4 Å². The summed E-state index contributed by atoms with van der Waals surface area (Å²) >= 11 is 0. The van der Waals surface area contributed by atoms with E-state index in [0.29, 0.717) is 32.3 Å². The number of ether oxygens (including phenoxy) is 1. The van der Waals surface area contributed by atoms with Crippen molar-refractivity contribution in [3.05, 3.63) is 18.0 Å². The van der Waals surface area contributed by atoms with E-state index in [9.17, 15) is 4.79 Å². The lowest BCUT2D eigenvalue weighted by Crippen LogP contribution is -2.48. The van der Waals surface area contributed by atoms with Crippen molar-refractivity contribution in [1.29, 1.82) is 0 Å². The van der Waals surface area contributed by atoms with E-state index in [1.165, 1.54) is 5.56 Å². The molecule has 2 aliphatic heterocycles. The molecule has 2 atom stereocenters. The van der Waals surface area contributed by atoms with Gasteiger partial charge in [0.25, 0.3) is 0 Å². The largest absolute Gasteiger partial charge is 0.375 e. The number of carbonyl (C=O) groups is 1. The molecule has 0 radical (unpaired) electrons. The second-order valence-electron chi connectivity index (χ2n) is 6.10. The first-order valence-corrected chi connectivity index (χ1v) is 7.75. The SMILES string of the molecule is CC1CN(C(=O)CN2CCCC2c2cnn(C)c2)CCO1. The molecule has 2 fully saturated rings. The van der Waals surface area contributed by atoms with Crippen LogP contribution in [0.1, 0.15) is 31.4 Å². The first-order chi connectivity index (χ1) is 10.1. The Morgan fingerprint density at radius 3 is 3.05 bits per heavy atom. The van der Waals surface area contributed by atoms with Crippen LogP contribution in [0.25, 0.3) is 0 Å². The third-order valence-corrected chi connectivity index (χ3v) is 4.41. The zero-order chi connectivity index (χ0) is 14.8. The minimum absolute atomic E-state index is 0.149. The molecule has 21 heavy (non-hydrogen) atoms. The standard InChI is InChI=1S/C15H24N4O2/c1-12-9-19(6-7-21-12)15(20)11-18-5-3-4-14(18)13-8-16-17(2)10-13/h8,10,12,14H,3-7,9,11H2,1-2H3. The highest BCUT2D eigenvalue weighted by molar-refractivity contribution is 5.78. The Morgan fingerprint density at radius 1 is 1.48 bits per heavy atom. The molecule has 0 aliphatic carbocycles. The Morgan fingerprint density at radius 2 is 2.33 bits per heavy atom. The minimum Gasteiger partial charge on any atom is -0.375 e. The van der Waals surface area contributed by atoms with Crippen LogP contribution in [0.5, 0.6) is 0 Å². The topological polar surface area (TPSA) is 50.6 Å². The van der Waals surface area contributed by atoms with Gasteiger partial charge in [0, 0.05) is 37.9 Å². The average Bonchev–Trinajstić information content (AvgIpc) is 3.07. The third kappa shape index (κ3) is 3.27. The van der Waals surface area contributed by atoms with Crippen molar-refractivity contribution < 1.29 is 9.53 Å². The summed E-state index contributed by atoms with van der Waals surface area (Å²) in [6.07, 6.45) is 6.38. The van der Waals surface area contributed by atoms with Gasteiger partial charge in [-0.25, -0.2) is 0 Å². The molecule has 6 heteroatoms. The molecule has 0 spiro atoms. The van der Waals surface area contributed by atoms with Crippen molar-refractivity contribution in [2.45, 2.75) is 31.9 Å². The Bertz CT molecular complexity index is 502. The quantitative estimate of drug-likeness (QED) is 0.827. The van der Waals surface area contributed by atoms with E-state index in [-0.39, 0.29) is 12.0 Å². The normalized spacial score (nSPS) is 27.2. The number of carbonyl (C=O) groups excluding carboxylic acids is 1. The predicted octanol–water partition coefficient (Wildman–Crippen LogP) is 0.804. The lowest BCUT2D eigenvalue weighted by Gasteiger charge is -2.33. The van der Waals surface area contributed by atoms with Crippen LogP contribution in [-0.2, 0) is 16.6 Å². The van der Waals surface area contributed by atoms with Gasteiger partial charge in [0.05, 0.1) is 25.5 Å². The minimum atomic E-state index is 0.149. The Kier molecular flexibility index (Phi) is 4.26. The fraction of sp³-hybridized carbons (Fsp3) is 0.733. The summed E-state index contributed by atoms with van der Waals surface area (Å²) in [6, 6.07) is 0.334. The summed E-state index contributed by atoms with van der Waals surface area (Å²) in [5.74, 6) is 0.223. The number of morpholine rings is 1. The van der Waals surface area contributed by atoms with Gasteiger partial charge in [-0.05, 0) is 26.3 Å². The van der Waals surface area contributed by atoms with Gasteiger partial charge in [-0.15, -0.1) is 0 Å². The number of aromatic nitrogens is 2. The van der Waals surface area contributed by atoms with Crippen molar-refractivity contribution in [2.24, 2.45) is 7.05 Å². The molecule has 1 aromatic rings. The van der Waals surface area contributed by atoms with Gasteiger partial charge in [-0.1, -0.05) is 0 Å². The third-order valence-electron chi connectivity index (χ3n) is 4.41. The maximum atomic E-state index is 12.5. The van der Waals surface area contributed by atoms with Crippen LogP contribution in [0.3, 0.4) is 0 Å². The number of aryl methyl sites for hydroxylation is 1. The van der Waals surface area contributed by atoms with Crippen molar-refractivity contribution in [1.82, 2.24) is 19.6 Å². The lowest BCUT2D eigenvalue weighted by atomic mass is 10.1. The number of hydrogen-bond donors (Lipinski definition) is 0. The van der Waals surface area contributed by atoms with Crippen molar-refractivity contribution in [3.63, 3.8) is 0 Å². The van der Waals surface area contributed by atoms with Gasteiger partial charge in [-0.2, -0.15) is 5.10 Å². The molecule has 2 saturated heterocycles. The highest BCUT2D eigenvalue weighted by Gasteiger charge is 2.30. The number of nitrogens with zero attached hydrogens (tertiary/aromatic N) is 4. The first-order valence-electron chi connectivity index (χ1n) is 7.75. The second-order valence-corrected chi connectivity index (χ2v) is 6.10. The smallest absolute Gasteiger partial charge is 0.236 e. The molecular formula is C15H24N4O2. The zero-order valence-corrected chi connectivity index (χ0v) is 12.9. The Labute approximate surface area is 125 Å². The summed E-state index contributed by atoms with van der Waals surface area (Å²) in [4.78, 5) is 16.7. The van der Waals surface area contributed by atoms with E-state index >= 15 is 0 Å². The maximum Gasteiger partial charge on any atom is 0.236 e. The van der Waals surface area contributed by atoms with Gasteiger partial charge in [-0.3, -0.25) is 14.4 Å². The molecule has 1 amide bonds. The number of amides is 1. The van der Waals surface area contributed by atoms with E-state index in [2.05, 4.69) is 16.2 Å². The van der Waals surface area contributed by atoms with E-state index in [1.54, 1.807) is 0 Å². The highest BCUT2D eigenvalue weighted by Crippen LogP contribution is 2.31. The second kappa shape index (κ2) is 6.15. The van der Waals surface area contributed by atoms with Crippen LogP contribution in [0.15, 0.2) is 12.4 Å². The number of hydrogen-bond acceptors (Lipinski definition) is 4. The van der Waals surface area contributed by atoms with E-state index < -0.39 is 0 Å². The van der Waals surface area contributed by atoms with Gasteiger partial charge in [0.2, 0.25) is 5.91 Å². The van der Waals surface area contributed by atoms with Crippen LogP contribution >= 0.6 is 0 Å². The summed E-state index contributed by atoms with van der Waals surface area (Å²) in [6.45, 7) is 5.60. The fourth-order valence-electron chi connectivity index (χ4n) is 3.32. The molecule has 6 nitrogen and oxygen atoms in total. The van der Waals surface area contributed by atoms with Gasteiger partial charge < -0.3 is 9.64 Å². The predicted molar refractivity (Wildman–Crippen MR) is 78.8 cm³/mol. The molecular weight excluding hydrogens is 268 g/mol. The zero-order valence-electron chi connectivity index (χ0n) is 12.9. The van der Waals surface area contributed by atoms with Crippen LogP contribution in [-0.4, -0.2) is 64.4 Å². The Balaban J connectivity index is 1.62. The van der Waals surface area contributed by atoms with Crippen molar-refractivity contribution in [3.8, 4) is 0 Å². The monoisotopic (exact) mass is 292 g/mol. The summed E-state index contributed by atoms with van der Waals surface area (Å²) in [5.41, 5.74) is 1.22. The molecule has 0 bridgehead atoms. The summed E-state index contributed by atoms with van der Waals surface area (Å²) < 4.78 is 7.33. The first kappa shape index (κ1) is 14.5. The van der Waals surface area contributed by atoms with Gasteiger partial charge >= 0.3 is 0 Å². The fourth-order valence-corrected chi connectivity index (χ4v) is 3.32. The van der Waals surface area contributed by atoms with Gasteiger partial charge in [0.1, 0.15) is 0 Å². The van der Waals surface area contributed by atoms with Crippen molar-refractivity contribution in [2.75, 3.05) is 32.8 Å². The average molecular weight is 292 g/mol. The number of rotatable bonds is 3. The van der Waals surface area contributed by atoms with Gasteiger partial charge in [0.15, 0.2) is 0 Å². The van der Waals surface area contributed by atoms with Crippen LogP contribution < -0.4 is 0 Å². The Hall–Kier alpha value is -1.40. The van der Waals surface area contributed by atoms with Crippen molar-refractivity contribution >= 4 is 5.91 Å². The van der Waals surface area contributed by atoms with E-state index in [1.807, 2.05) is 29.7 Å². The molecule has 3 rings (SSSR count). The molecule has 2 unspecified atom stereocenters. The summed E-state index contributed by atoms with van der Waals surface area (Å²) in [5, 5.41) is 4.25. The summed E-state index contributed by atoms with van der Waals surface area (Å²) in [7, 11) is 1.93. The number of likely N-dealkylation sites (tertiary alicyclic amines) is 1. The maximum absolute atomic E-state index is 12.5. The molecule has 1 aromatic heterocycles. The molecule has 0 saturated carbocycles. The van der Waals surface area contributed by atoms with Crippen LogP contribution in [0.4, 0.5) is 0 Å². The highest BCUT2D eigenvalue weighted by atomic mass is 16.5. The van der Waals surface area contributed by atoms with E-state index in [4.69, 9.17) is 4.74 Å².